The molecule has 0 saturated carbocycles. The first kappa shape index (κ1) is 12.2. The van der Waals surface area contributed by atoms with Gasteiger partial charge in [-0.2, -0.15) is 0 Å². The van der Waals surface area contributed by atoms with Crippen LogP contribution in [0.15, 0.2) is 24.3 Å². The summed E-state index contributed by atoms with van der Waals surface area (Å²) in [5, 5.41) is 20.4. The first-order chi connectivity index (χ1) is 9.69. The van der Waals surface area contributed by atoms with Gasteiger partial charge >= 0.3 is 0 Å². The van der Waals surface area contributed by atoms with Crippen molar-refractivity contribution >= 4 is 0 Å². The van der Waals surface area contributed by atoms with Gasteiger partial charge in [0.1, 0.15) is 0 Å². The maximum Gasteiger partial charge on any atom is 0.160 e. The fourth-order valence-electron chi connectivity index (χ4n) is 4.20. The van der Waals surface area contributed by atoms with Crippen LogP contribution in [0.25, 0.3) is 0 Å². The zero-order valence-electron chi connectivity index (χ0n) is 11.5. The number of ether oxygens (including phenoxy) is 1. The van der Waals surface area contributed by atoms with E-state index in [0.29, 0.717) is 17.7 Å². The largest absolute Gasteiger partial charge is 0.504 e. The van der Waals surface area contributed by atoms with Crippen molar-refractivity contribution in [2.24, 2.45) is 5.92 Å². The van der Waals surface area contributed by atoms with E-state index in [1.165, 1.54) is 0 Å². The summed E-state index contributed by atoms with van der Waals surface area (Å²) in [5.74, 6) is 1.30. The van der Waals surface area contributed by atoms with Crippen LogP contribution in [0, 0.1) is 5.92 Å². The molecule has 1 aromatic rings. The van der Waals surface area contributed by atoms with Gasteiger partial charge in [0, 0.05) is 18.5 Å². The minimum absolute atomic E-state index is 0.0887. The van der Waals surface area contributed by atoms with Gasteiger partial charge in [-0.15, -0.1) is 0 Å². The Morgan fingerprint density at radius 1 is 1.30 bits per heavy atom. The Kier molecular flexibility index (Phi) is 2.59. The molecule has 4 rings (SSSR count). The second-order valence-corrected chi connectivity index (χ2v) is 6.04. The van der Waals surface area contributed by atoms with E-state index in [2.05, 4.69) is 11.0 Å². The van der Waals surface area contributed by atoms with E-state index >= 15 is 0 Å². The van der Waals surface area contributed by atoms with Gasteiger partial charge in [-0.25, -0.2) is 0 Å². The van der Waals surface area contributed by atoms with Crippen molar-refractivity contribution < 1.29 is 14.9 Å². The topological polar surface area (TPSA) is 52.9 Å². The van der Waals surface area contributed by atoms with Crippen molar-refractivity contribution in [2.75, 3.05) is 13.7 Å². The average molecular weight is 273 g/mol. The Hall–Kier alpha value is -1.52. The van der Waals surface area contributed by atoms with Gasteiger partial charge < -0.3 is 14.9 Å². The van der Waals surface area contributed by atoms with Crippen LogP contribution in [0.4, 0.5) is 0 Å². The van der Waals surface area contributed by atoms with Crippen molar-refractivity contribution in [2.45, 2.75) is 31.0 Å². The third-order valence-electron chi connectivity index (χ3n) is 5.07. The van der Waals surface area contributed by atoms with Crippen LogP contribution < -0.4 is 4.74 Å². The van der Waals surface area contributed by atoms with E-state index in [1.807, 2.05) is 12.1 Å². The van der Waals surface area contributed by atoms with Crippen LogP contribution >= 0.6 is 0 Å². The summed E-state index contributed by atoms with van der Waals surface area (Å²) in [4.78, 5) is 2.44. The van der Waals surface area contributed by atoms with E-state index in [4.69, 9.17) is 4.74 Å². The van der Waals surface area contributed by atoms with E-state index in [1.54, 1.807) is 13.2 Å². The number of hydrogen-bond acceptors (Lipinski definition) is 4. The standard InChI is InChI=1S/C16H19NO3/c1-20-14-7-11-10(6-13(14)19)8-17-5-4-9-2-3-12(18)15(11)16(9)17/h2-3,6-7,9,12,15-16,18-19H,4-5,8H2,1H3/t9-,12-,15-,16+/m1/s1. The molecule has 2 N–H and O–H groups in total. The third-order valence-corrected chi connectivity index (χ3v) is 5.07. The molecule has 1 aliphatic carbocycles. The number of fused-ring (bicyclic) bond motifs is 2. The molecule has 0 spiro atoms. The Morgan fingerprint density at radius 2 is 2.15 bits per heavy atom. The molecule has 0 radical (unpaired) electrons. The molecule has 1 fully saturated rings. The normalized spacial score (nSPS) is 34.7. The molecule has 2 aliphatic heterocycles. The van der Waals surface area contributed by atoms with Gasteiger partial charge in [-0.05, 0) is 42.1 Å². The third kappa shape index (κ3) is 1.55. The van der Waals surface area contributed by atoms with Gasteiger partial charge in [0.05, 0.1) is 13.2 Å². The maximum atomic E-state index is 10.4. The van der Waals surface area contributed by atoms with Gasteiger partial charge in [0.15, 0.2) is 11.5 Å². The highest BCUT2D eigenvalue weighted by Crippen LogP contribution is 2.48. The summed E-state index contributed by atoms with van der Waals surface area (Å²) < 4.78 is 5.23. The Morgan fingerprint density at radius 3 is 2.95 bits per heavy atom. The number of methoxy groups -OCH3 is 1. The Labute approximate surface area is 118 Å². The van der Waals surface area contributed by atoms with Crippen LogP contribution in [0.5, 0.6) is 11.5 Å². The molecule has 0 bridgehead atoms. The minimum atomic E-state index is -0.454. The zero-order valence-corrected chi connectivity index (χ0v) is 11.5. The average Bonchev–Trinajstić information content (AvgIpc) is 2.84. The molecule has 1 saturated heterocycles. The van der Waals surface area contributed by atoms with Crippen molar-refractivity contribution in [1.82, 2.24) is 4.90 Å². The number of aliphatic hydroxyl groups excluding tert-OH is 1. The molecule has 0 aromatic heterocycles. The molecule has 3 aliphatic rings. The maximum absolute atomic E-state index is 10.4. The molecule has 4 nitrogen and oxygen atoms in total. The van der Waals surface area contributed by atoms with Gasteiger partial charge in [-0.1, -0.05) is 12.2 Å². The molecule has 1 aromatic carbocycles. The summed E-state index contributed by atoms with van der Waals surface area (Å²) >= 11 is 0. The number of nitrogens with zero attached hydrogens (tertiary/aromatic N) is 1. The fraction of sp³-hybridized carbons (Fsp3) is 0.500. The number of aliphatic hydroxyl groups is 1. The van der Waals surface area contributed by atoms with Crippen molar-refractivity contribution in [1.29, 1.82) is 0 Å². The lowest BCUT2D eigenvalue weighted by Crippen LogP contribution is -2.47. The molecular weight excluding hydrogens is 254 g/mol. The molecular formula is C16H19NO3. The Bertz CT molecular complexity index is 583. The van der Waals surface area contributed by atoms with Crippen molar-refractivity contribution in [3.8, 4) is 11.5 Å². The number of rotatable bonds is 1. The summed E-state index contributed by atoms with van der Waals surface area (Å²) in [7, 11) is 1.56. The molecule has 4 heteroatoms. The predicted molar refractivity (Wildman–Crippen MR) is 74.9 cm³/mol. The van der Waals surface area contributed by atoms with E-state index in [-0.39, 0.29) is 11.7 Å². The van der Waals surface area contributed by atoms with Crippen molar-refractivity contribution in [3.63, 3.8) is 0 Å². The number of phenols is 1. The molecule has 4 atom stereocenters. The monoisotopic (exact) mass is 273 g/mol. The Balaban J connectivity index is 1.87. The quantitative estimate of drug-likeness (QED) is 0.763. The van der Waals surface area contributed by atoms with Gasteiger partial charge in [-0.3, -0.25) is 4.90 Å². The number of phenolic OH excluding ortho intramolecular Hbond substituents is 1. The molecule has 0 unspecified atom stereocenters. The van der Waals surface area contributed by atoms with Crippen LogP contribution in [0.2, 0.25) is 0 Å². The minimum Gasteiger partial charge on any atom is -0.504 e. The predicted octanol–water partition coefficient (Wildman–Crippen LogP) is 1.62. The SMILES string of the molecule is COc1cc2c(cc1O)CN1CC[C@H]3C=C[C@@H](O)[C@@H]2[C@H]31. The summed E-state index contributed by atoms with van der Waals surface area (Å²) in [6.45, 7) is 1.92. The highest BCUT2D eigenvalue weighted by molar-refractivity contribution is 5.50. The van der Waals surface area contributed by atoms with E-state index < -0.39 is 6.10 Å². The van der Waals surface area contributed by atoms with Gasteiger partial charge in [0.2, 0.25) is 0 Å². The first-order valence-electron chi connectivity index (χ1n) is 7.19. The highest BCUT2D eigenvalue weighted by atomic mass is 16.5. The fourth-order valence-corrected chi connectivity index (χ4v) is 4.20. The lowest BCUT2D eigenvalue weighted by molar-refractivity contribution is 0.0884. The van der Waals surface area contributed by atoms with Crippen LogP contribution in [0.3, 0.4) is 0 Å². The lowest BCUT2D eigenvalue weighted by Gasteiger charge is -2.44. The number of benzene rings is 1. The molecule has 2 heterocycles. The summed E-state index contributed by atoms with van der Waals surface area (Å²) in [5.41, 5.74) is 2.24. The summed E-state index contributed by atoms with van der Waals surface area (Å²) in [6, 6.07) is 4.09. The highest BCUT2D eigenvalue weighted by Gasteiger charge is 2.47. The molecule has 106 valence electrons. The van der Waals surface area contributed by atoms with E-state index in [0.717, 1.165) is 30.6 Å². The van der Waals surface area contributed by atoms with Crippen LogP contribution in [-0.4, -0.2) is 40.9 Å². The van der Waals surface area contributed by atoms with Gasteiger partial charge in [0.25, 0.3) is 0 Å². The van der Waals surface area contributed by atoms with E-state index in [9.17, 15) is 10.2 Å². The number of hydrogen-bond donors (Lipinski definition) is 2. The molecule has 0 amide bonds. The second kappa shape index (κ2) is 4.24. The summed E-state index contributed by atoms with van der Waals surface area (Å²) in [6.07, 6.45) is 4.81. The van der Waals surface area contributed by atoms with Crippen molar-refractivity contribution in [3.05, 3.63) is 35.4 Å². The first-order valence-corrected chi connectivity index (χ1v) is 7.19. The van der Waals surface area contributed by atoms with Crippen LogP contribution in [0.1, 0.15) is 23.5 Å². The second-order valence-electron chi connectivity index (χ2n) is 6.04. The smallest absolute Gasteiger partial charge is 0.160 e. The van der Waals surface area contributed by atoms with Crippen LogP contribution in [-0.2, 0) is 6.54 Å². The number of aromatic hydroxyl groups is 1. The zero-order chi connectivity index (χ0) is 13.9. The molecule has 20 heavy (non-hydrogen) atoms. The lowest BCUT2D eigenvalue weighted by atomic mass is 9.73.